The summed E-state index contributed by atoms with van der Waals surface area (Å²) in [7, 11) is 0. The minimum atomic E-state index is 0.272. The average molecular weight is 587 g/mol. The molecule has 3 aromatic heterocycles. The second-order valence-electron chi connectivity index (χ2n) is 10.5. The van der Waals surface area contributed by atoms with E-state index in [0.717, 1.165) is 22.1 Å². The van der Waals surface area contributed by atoms with Crippen LogP contribution < -0.4 is 0 Å². The van der Waals surface area contributed by atoms with Crippen LogP contribution in [0.2, 0.25) is 0 Å². The molecule has 9 aromatic rings. The molecule has 0 amide bonds. The van der Waals surface area contributed by atoms with Crippen molar-refractivity contribution in [1.82, 2.24) is 9.13 Å². The summed E-state index contributed by atoms with van der Waals surface area (Å²) in [6, 6.07) is 45.9. The van der Waals surface area contributed by atoms with Crippen molar-refractivity contribution in [3.63, 3.8) is 0 Å². The molecule has 0 aliphatic carbocycles. The summed E-state index contributed by atoms with van der Waals surface area (Å²) in [6.07, 6.45) is 0. The first kappa shape index (κ1) is 22.7. The van der Waals surface area contributed by atoms with E-state index in [2.05, 4.69) is 129 Å². The zero-order valence-electron chi connectivity index (χ0n) is 21.9. The van der Waals surface area contributed by atoms with Crippen LogP contribution in [0.25, 0.3) is 79.1 Å². The predicted molar refractivity (Wildman–Crippen MR) is 173 cm³/mol. The van der Waals surface area contributed by atoms with E-state index in [1.165, 1.54) is 52.2 Å². The van der Waals surface area contributed by atoms with Crippen LogP contribution in [-0.4, -0.2) is 23.6 Å². The van der Waals surface area contributed by atoms with E-state index >= 15 is 0 Å². The molecule has 0 fully saturated rings. The molecule has 0 aliphatic rings. The first-order valence-corrected chi connectivity index (χ1v) is 15.4. The van der Waals surface area contributed by atoms with Crippen LogP contribution >= 0.6 is 0 Å². The zero-order valence-corrected chi connectivity index (χ0v) is 23.6. The van der Waals surface area contributed by atoms with Crippen molar-refractivity contribution in [3.8, 4) is 11.4 Å². The van der Waals surface area contributed by atoms with Crippen molar-refractivity contribution in [2.75, 3.05) is 0 Å². The van der Waals surface area contributed by atoms with Gasteiger partial charge in [0.15, 0.2) is 0 Å². The molecule has 0 N–H and O–H groups in total. The van der Waals surface area contributed by atoms with Crippen LogP contribution in [0.4, 0.5) is 5.69 Å². The number of benzene rings is 6. The summed E-state index contributed by atoms with van der Waals surface area (Å²) in [5, 5.41) is 7.51. The summed E-state index contributed by atoms with van der Waals surface area (Å²) in [4.78, 5) is 3.69. The van der Waals surface area contributed by atoms with Crippen molar-refractivity contribution in [3.05, 3.63) is 139 Å². The Labute approximate surface area is 241 Å². The van der Waals surface area contributed by atoms with Gasteiger partial charge in [0.2, 0.25) is 0 Å². The molecule has 41 heavy (non-hydrogen) atoms. The Morgan fingerprint density at radius 2 is 0.902 bits per heavy atom. The van der Waals surface area contributed by atoms with Gasteiger partial charge < -0.3 is 0 Å². The fourth-order valence-corrected chi connectivity index (χ4v) is 8.78. The van der Waals surface area contributed by atoms with Crippen LogP contribution in [0.1, 0.15) is 0 Å². The van der Waals surface area contributed by atoms with Gasteiger partial charge in [-0.15, -0.1) is 0 Å². The molecular weight excluding hydrogens is 565 g/mol. The van der Waals surface area contributed by atoms with Gasteiger partial charge in [-0.3, -0.25) is 0 Å². The molecule has 0 bridgehead atoms. The quantitative estimate of drug-likeness (QED) is 0.141. The molecule has 6 aromatic carbocycles. The number of aromatic nitrogens is 2. The Morgan fingerprint density at radius 1 is 0.439 bits per heavy atom. The van der Waals surface area contributed by atoms with E-state index in [1.807, 2.05) is 12.1 Å². The topological polar surface area (TPSA) is 14.2 Å². The predicted octanol–water partition coefficient (Wildman–Crippen LogP) is 9.79. The summed E-state index contributed by atoms with van der Waals surface area (Å²) in [5.41, 5.74) is 7.76. The average Bonchev–Trinajstić information content (AvgIpc) is 3.67. The fraction of sp³-hybridized carbons (Fsp3) is 0. The van der Waals surface area contributed by atoms with E-state index in [4.69, 9.17) is 6.57 Å². The second kappa shape index (κ2) is 8.46. The van der Waals surface area contributed by atoms with Crippen molar-refractivity contribution >= 4 is 83.1 Å². The van der Waals surface area contributed by atoms with E-state index in [1.54, 1.807) is 0 Å². The molecule has 4 heteroatoms. The molecule has 0 saturated carbocycles. The third kappa shape index (κ3) is 3.19. The summed E-state index contributed by atoms with van der Waals surface area (Å²) >= 11 is 0.272. The summed E-state index contributed by atoms with van der Waals surface area (Å²) in [5.74, 6) is 0. The van der Waals surface area contributed by atoms with Gasteiger partial charge in [0.1, 0.15) is 0 Å². The van der Waals surface area contributed by atoms with Crippen LogP contribution in [0, 0.1) is 6.57 Å². The first-order valence-electron chi connectivity index (χ1n) is 13.6. The molecule has 190 valence electrons. The maximum absolute atomic E-state index is 7.53. The van der Waals surface area contributed by atoms with Crippen LogP contribution in [0.15, 0.2) is 127 Å². The summed E-state index contributed by atoms with van der Waals surface area (Å²) < 4.78 is 7.60. The van der Waals surface area contributed by atoms with E-state index in [-0.39, 0.29) is 14.5 Å². The van der Waals surface area contributed by atoms with Crippen molar-refractivity contribution in [2.24, 2.45) is 0 Å². The van der Waals surface area contributed by atoms with Gasteiger partial charge >= 0.3 is 242 Å². The van der Waals surface area contributed by atoms with E-state index in [0.29, 0.717) is 5.69 Å². The van der Waals surface area contributed by atoms with Gasteiger partial charge in [0, 0.05) is 0 Å². The monoisotopic (exact) mass is 587 g/mol. The molecule has 3 heterocycles. The molecule has 0 radical (unpaired) electrons. The summed E-state index contributed by atoms with van der Waals surface area (Å²) in [6.45, 7) is 7.53. The van der Waals surface area contributed by atoms with Gasteiger partial charge in [-0.1, -0.05) is 0 Å². The van der Waals surface area contributed by atoms with Crippen molar-refractivity contribution in [1.29, 1.82) is 0 Å². The van der Waals surface area contributed by atoms with Crippen LogP contribution in [0.3, 0.4) is 0 Å². The second-order valence-corrected chi connectivity index (χ2v) is 12.8. The maximum atomic E-state index is 7.53. The van der Waals surface area contributed by atoms with Crippen molar-refractivity contribution < 1.29 is 0 Å². The molecule has 0 unspecified atom stereocenters. The molecule has 9 rings (SSSR count). The first-order chi connectivity index (χ1) is 20.3. The van der Waals surface area contributed by atoms with Gasteiger partial charge in [-0.05, 0) is 0 Å². The number of para-hydroxylation sites is 3. The Hall–Kier alpha value is -5.07. The number of hydrogen-bond donors (Lipinski definition) is 0. The molecule has 3 nitrogen and oxygen atoms in total. The normalized spacial score (nSPS) is 11.9. The molecule has 0 atom stereocenters. The van der Waals surface area contributed by atoms with Crippen molar-refractivity contribution in [2.45, 2.75) is 0 Å². The van der Waals surface area contributed by atoms with Crippen LogP contribution in [-0.2, 0) is 0 Å². The molecular formula is C37H21N3Se. The number of hydrogen-bond acceptors (Lipinski definition) is 0. The van der Waals surface area contributed by atoms with Gasteiger partial charge in [0.25, 0.3) is 0 Å². The third-order valence-corrected chi connectivity index (χ3v) is 10.7. The van der Waals surface area contributed by atoms with Gasteiger partial charge in [-0.2, -0.15) is 0 Å². The van der Waals surface area contributed by atoms with Gasteiger partial charge in [-0.25, -0.2) is 0 Å². The number of fused-ring (bicyclic) bond motifs is 9. The minimum absolute atomic E-state index is 0.272. The Balaban J connectivity index is 1.31. The third-order valence-electron chi connectivity index (χ3n) is 8.32. The molecule has 0 aliphatic heterocycles. The SMILES string of the molecule is [C-]#[N+]c1ccc2c(c1)c1ccccc1n2-c1ccc2[se]c3ccc(-n4c5ccccc5c5ccccc54)cc3c2c1. The molecule has 0 spiro atoms. The van der Waals surface area contributed by atoms with E-state index < -0.39 is 0 Å². The van der Waals surface area contributed by atoms with Gasteiger partial charge in [0.05, 0.1) is 0 Å². The number of nitrogens with zero attached hydrogens (tertiary/aromatic N) is 3. The van der Waals surface area contributed by atoms with Crippen LogP contribution in [0.5, 0.6) is 0 Å². The molecule has 0 saturated heterocycles. The number of rotatable bonds is 2. The Kier molecular flexibility index (Phi) is 4.69. The zero-order chi connectivity index (χ0) is 27.1. The standard InChI is InChI=1S/C37H21N3Se/c1-38-23-14-17-35-29(20-23)28-10-4-7-13-34(28)40(35)25-16-19-37-31(22-25)30-21-24(15-18-36(30)41-37)39-32-11-5-2-8-26(32)27-9-3-6-12-33(27)39/h2-22H. The van der Waals surface area contributed by atoms with E-state index in [9.17, 15) is 0 Å². The Bertz CT molecular complexity index is 2500. The Morgan fingerprint density at radius 3 is 1.41 bits per heavy atom. The fourth-order valence-electron chi connectivity index (χ4n) is 6.54.